The first-order chi connectivity index (χ1) is 10.1. The van der Waals surface area contributed by atoms with Crippen LogP contribution < -0.4 is 0 Å². The van der Waals surface area contributed by atoms with E-state index in [1.165, 1.54) is 0 Å². The van der Waals surface area contributed by atoms with Crippen LogP contribution in [0.15, 0.2) is 24.4 Å². The molecular formula is C14H19N5O2. The number of tetrazole rings is 1. The molecule has 1 atom stereocenters. The van der Waals surface area contributed by atoms with E-state index in [2.05, 4.69) is 20.5 Å². The Balaban J connectivity index is 2.11. The summed E-state index contributed by atoms with van der Waals surface area (Å²) in [5.41, 5.74) is 0.964. The minimum Gasteiger partial charge on any atom is -0.481 e. The smallest absolute Gasteiger partial charge is 0.305 e. The number of aromatic nitrogens is 5. The van der Waals surface area contributed by atoms with Crippen molar-refractivity contribution < 1.29 is 9.90 Å². The Labute approximate surface area is 123 Å². The van der Waals surface area contributed by atoms with Gasteiger partial charge in [0.05, 0.1) is 12.5 Å². The number of nitrogens with zero attached hydrogens (tertiary/aromatic N) is 5. The van der Waals surface area contributed by atoms with E-state index in [-0.39, 0.29) is 18.4 Å². The van der Waals surface area contributed by atoms with Crippen LogP contribution in [0.3, 0.4) is 0 Å². The average Bonchev–Trinajstić information content (AvgIpc) is 2.91. The summed E-state index contributed by atoms with van der Waals surface area (Å²) < 4.78 is 1.64. The van der Waals surface area contributed by atoms with Gasteiger partial charge in [-0.15, -0.1) is 5.10 Å². The van der Waals surface area contributed by atoms with Crippen molar-refractivity contribution in [3.05, 3.63) is 35.9 Å². The highest BCUT2D eigenvalue weighted by molar-refractivity contribution is 5.67. The first kappa shape index (κ1) is 15.1. The summed E-state index contributed by atoms with van der Waals surface area (Å²) in [6, 6.07) is 5.52. The summed E-state index contributed by atoms with van der Waals surface area (Å²) in [5, 5.41) is 20.7. The first-order valence-corrected chi connectivity index (χ1v) is 6.96. The van der Waals surface area contributed by atoms with Crippen LogP contribution in [0.2, 0.25) is 0 Å². The van der Waals surface area contributed by atoms with Gasteiger partial charge < -0.3 is 5.11 Å². The number of hydrogen-bond donors (Lipinski definition) is 1. The lowest BCUT2D eigenvalue weighted by molar-refractivity contribution is -0.138. The van der Waals surface area contributed by atoms with Gasteiger partial charge in [0.1, 0.15) is 0 Å². The van der Waals surface area contributed by atoms with Crippen molar-refractivity contribution in [1.29, 1.82) is 0 Å². The van der Waals surface area contributed by atoms with Crippen LogP contribution in [0.4, 0.5) is 0 Å². The fourth-order valence-electron chi connectivity index (χ4n) is 2.20. The van der Waals surface area contributed by atoms with Crippen LogP contribution in [-0.4, -0.2) is 36.3 Å². The van der Waals surface area contributed by atoms with Crippen molar-refractivity contribution in [3.8, 4) is 0 Å². The van der Waals surface area contributed by atoms with Crippen LogP contribution in [-0.2, 0) is 17.6 Å². The molecule has 7 nitrogen and oxygen atoms in total. The van der Waals surface area contributed by atoms with E-state index in [1.54, 1.807) is 10.9 Å². The number of pyridine rings is 1. The van der Waals surface area contributed by atoms with Gasteiger partial charge in [-0.25, -0.2) is 4.68 Å². The molecule has 0 fully saturated rings. The van der Waals surface area contributed by atoms with Crippen molar-refractivity contribution in [2.75, 3.05) is 0 Å². The molecule has 0 aliphatic rings. The number of carboxylic acids is 1. The summed E-state index contributed by atoms with van der Waals surface area (Å²) >= 11 is 0. The fraction of sp³-hybridized carbons (Fsp3) is 0.500. The zero-order valence-electron chi connectivity index (χ0n) is 12.2. The van der Waals surface area contributed by atoms with E-state index >= 15 is 0 Å². The molecule has 0 saturated carbocycles. The topological polar surface area (TPSA) is 93.8 Å². The molecule has 2 rings (SSSR count). The fourth-order valence-corrected chi connectivity index (χ4v) is 2.20. The minimum absolute atomic E-state index is 0.0132. The van der Waals surface area contributed by atoms with E-state index in [0.29, 0.717) is 12.2 Å². The lowest BCUT2D eigenvalue weighted by Gasteiger charge is -2.20. The normalized spacial score (nSPS) is 12.5. The van der Waals surface area contributed by atoms with Gasteiger partial charge in [0.2, 0.25) is 0 Å². The maximum atomic E-state index is 11.0. The minimum atomic E-state index is -0.847. The Morgan fingerprint density at radius 1 is 1.33 bits per heavy atom. The maximum Gasteiger partial charge on any atom is 0.305 e. The highest BCUT2D eigenvalue weighted by atomic mass is 16.4. The van der Waals surface area contributed by atoms with Crippen LogP contribution in [0, 0.1) is 5.92 Å². The molecule has 0 aromatic carbocycles. The van der Waals surface area contributed by atoms with Crippen molar-refractivity contribution >= 4 is 5.97 Å². The molecule has 0 saturated heterocycles. The third-order valence-electron chi connectivity index (χ3n) is 3.36. The molecule has 112 valence electrons. The molecule has 1 unspecified atom stereocenters. The molecule has 2 aromatic rings. The molecule has 0 aliphatic carbocycles. The first-order valence-electron chi connectivity index (χ1n) is 6.96. The molecule has 0 radical (unpaired) electrons. The monoisotopic (exact) mass is 289 g/mol. The van der Waals surface area contributed by atoms with E-state index in [9.17, 15) is 4.79 Å². The standard InChI is InChI=1S/C14H19N5O2/c1-10(2)12(9-14(20)21)19-13(16-17-18-19)7-6-11-5-3-4-8-15-11/h3-5,8,10,12H,6-7,9H2,1-2H3,(H,20,21). The Morgan fingerprint density at radius 2 is 2.14 bits per heavy atom. The Bertz CT molecular complexity index is 582. The van der Waals surface area contributed by atoms with Gasteiger partial charge >= 0.3 is 5.97 Å². The zero-order valence-corrected chi connectivity index (χ0v) is 12.2. The average molecular weight is 289 g/mol. The second-order valence-electron chi connectivity index (χ2n) is 5.27. The van der Waals surface area contributed by atoms with Crippen molar-refractivity contribution in [3.63, 3.8) is 0 Å². The Morgan fingerprint density at radius 3 is 2.76 bits per heavy atom. The van der Waals surface area contributed by atoms with Crippen molar-refractivity contribution in [1.82, 2.24) is 25.2 Å². The van der Waals surface area contributed by atoms with Crippen LogP contribution in [0.25, 0.3) is 0 Å². The molecule has 21 heavy (non-hydrogen) atoms. The highest BCUT2D eigenvalue weighted by Crippen LogP contribution is 2.22. The summed E-state index contributed by atoms with van der Waals surface area (Å²) in [6.45, 7) is 3.94. The number of aryl methyl sites for hydroxylation is 2. The summed E-state index contributed by atoms with van der Waals surface area (Å²) in [7, 11) is 0. The number of carbonyl (C=O) groups is 1. The third kappa shape index (κ3) is 4.08. The zero-order chi connectivity index (χ0) is 15.2. The highest BCUT2D eigenvalue weighted by Gasteiger charge is 2.23. The van der Waals surface area contributed by atoms with Gasteiger partial charge in [-0.2, -0.15) is 0 Å². The number of carboxylic acid groups (broad SMARTS) is 1. The molecule has 0 amide bonds. The lowest BCUT2D eigenvalue weighted by atomic mass is 10.0. The molecule has 0 aliphatic heterocycles. The number of rotatable bonds is 7. The quantitative estimate of drug-likeness (QED) is 0.830. The summed E-state index contributed by atoms with van der Waals surface area (Å²) in [6.07, 6.45) is 3.12. The molecule has 0 bridgehead atoms. The van der Waals surface area contributed by atoms with E-state index in [0.717, 1.165) is 12.1 Å². The van der Waals surface area contributed by atoms with Gasteiger partial charge in [0, 0.05) is 18.3 Å². The molecule has 1 N–H and O–H groups in total. The molecule has 2 aromatic heterocycles. The predicted molar refractivity (Wildman–Crippen MR) is 75.6 cm³/mol. The van der Waals surface area contributed by atoms with Crippen molar-refractivity contribution in [2.45, 2.75) is 39.2 Å². The van der Waals surface area contributed by atoms with Gasteiger partial charge in [0.15, 0.2) is 5.82 Å². The summed E-state index contributed by atoms with van der Waals surface area (Å²) in [4.78, 5) is 15.3. The van der Waals surface area contributed by atoms with Gasteiger partial charge in [-0.1, -0.05) is 19.9 Å². The number of hydrogen-bond acceptors (Lipinski definition) is 5. The second-order valence-corrected chi connectivity index (χ2v) is 5.27. The van der Waals surface area contributed by atoms with E-state index < -0.39 is 5.97 Å². The van der Waals surface area contributed by atoms with Crippen LogP contribution in [0.5, 0.6) is 0 Å². The lowest BCUT2D eigenvalue weighted by Crippen LogP contribution is -2.22. The van der Waals surface area contributed by atoms with Gasteiger partial charge in [-0.05, 0) is 34.9 Å². The van der Waals surface area contributed by atoms with Gasteiger partial charge in [-0.3, -0.25) is 9.78 Å². The molecule has 0 spiro atoms. The predicted octanol–water partition coefficient (Wildman–Crippen LogP) is 1.53. The largest absolute Gasteiger partial charge is 0.481 e. The van der Waals surface area contributed by atoms with Crippen LogP contribution >= 0.6 is 0 Å². The third-order valence-corrected chi connectivity index (χ3v) is 3.36. The molecule has 7 heteroatoms. The van der Waals surface area contributed by atoms with Gasteiger partial charge in [0.25, 0.3) is 0 Å². The second kappa shape index (κ2) is 6.92. The SMILES string of the molecule is CC(C)C(CC(=O)O)n1nnnc1CCc1ccccn1. The van der Waals surface area contributed by atoms with E-state index in [1.807, 2.05) is 32.0 Å². The van der Waals surface area contributed by atoms with Crippen molar-refractivity contribution in [2.24, 2.45) is 5.92 Å². The molecular weight excluding hydrogens is 270 g/mol. The maximum absolute atomic E-state index is 11.0. The Kier molecular flexibility index (Phi) is 4.97. The Hall–Kier alpha value is -2.31. The number of aliphatic carboxylic acids is 1. The van der Waals surface area contributed by atoms with E-state index in [4.69, 9.17) is 5.11 Å². The molecule has 2 heterocycles. The summed E-state index contributed by atoms with van der Waals surface area (Å²) in [5.74, 6) is -0.0151. The van der Waals surface area contributed by atoms with Crippen LogP contribution in [0.1, 0.15) is 37.8 Å².